The molecule has 10 nitrogen and oxygen atoms in total. The molecule has 35 heavy (non-hydrogen) atoms. The van der Waals surface area contributed by atoms with Crippen molar-refractivity contribution in [3.63, 3.8) is 0 Å². The van der Waals surface area contributed by atoms with Gasteiger partial charge >= 0.3 is 0 Å². The molecule has 2 N–H and O–H groups in total. The molecular weight excluding hydrogens is 462 g/mol. The molecule has 0 radical (unpaired) electrons. The smallest absolute Gasteiger partial charge is 0.271 e. The minimum atomic E-state index is 0.114. The molecule has 4 heterocycles. The number of aryl methyl sites for hydroxylation is 4. The first-order valence-electron chi connectivity index (χ1n) is 12.1. The number of aromatic nitrogens is 6. The maximum absolute atomic E-state index is 13.7. The van der Waals surface area contributed by atoms with E-state index in [1.807, 2.05) is 49.2 Å². The average molecular weight is 492 g/mol. The SMILES string of the molecule is CCn1c(C(=O)N(C2CC2)C2CC2)cc2c3c(ncn3C)c(NC(=S)Nc3cc(C)nn3C)nc21. The van der Waals surface area contributed by atoms with Crippen LogP contribution < -0.4 is 10.6 Å². The number of thiocarbonyl (C=S) groups is 1. The van der Waals surface area contributed by atoms with E-state index in [1.54, 1.807) is 11.0 Å². The van der Waals surface area contributed by atoms with E-state index in [9.17, 15) is 4.79 Å². The van der Waals surface area contributed by atoms with Crippen LogP contribution in [0.2, 0.25) is 0 Å². The molecule has 11 heteroatoms. The zero-order chi connectivity index (χ0) is 24.4. The third-order valence-electron chi connectivity index (χ3n) is 6.83. The van der Waals surface area contributed by atoms with Gasteiger partial charge in [-0.25, -0.2) is 9.97 Å². The van der Waals surface area contributed by atoms with E-state index in [0.717, 1.165) is 53.7 Å². The highest BCUT2D eigenvalue weighted by molar-refractivity contribution is 7.80. The lowest BCUT2D eigenvalue weighted by molar-refractivity contribution is 0.0719. The van der Waals surface area contributed by atoms with Gasteiger partial charge in [-0.05, 0) is 57.8 Å². The van der Waals surface area contributed by atoms with E-state index in [1.165, 1.54) is 0 Å². The molecule has 2 aliphatic carbocycles. The summed E-state index contributed by atoms with van der Waals surface area (Å²) >= 11 is 5.59. The maximum Gasteiger partial charge on any atom is 0.271 e. The summed E-state index contributed by atoms with van der Waals surface area (Å²) in [5, 5.41) is 12.1. The Hall–Kier alpha value is -3.47. The van der Waals surface area contributed by atoms with Gasteiger partial charge in [-0.15, -0.1) is 0 Å². The van der Waals surface area contributed by atoms with E-state index >= 15 is 0 Å². The Kier molecular flexibility index (Phi) is 5.06. The Bertz CT molecular complexity index is 1480. The molecule has 0 bridgehead atoms. The molecule has 0 aromatic carbocycles. The largest absolute Gasteiger partial charge is 0.333 e. The van der Waals surface area contributed by atoms with Crippen molar-refractivity contribution in [2.24, 2.45) is 14.1 Å². The molecule has 0 unspecified atom stereocenters. The summed E-state index contributed by atoms with van der Waals surface area (Å²) in [6.45, 7) is 4.62. The second kappa shape index (κ2) is 8.04. The number of hydrogen-bond donors (Lipinski definition) is 2. The van der Waals surface area contributed by atoms with Gasteiger partial charge in [-0.3, -0.25) is 9.48 Å². The van der Waals surface area contributed by atoms with E-state index in [0.29, 0.717) is 40.8 Å². The molecule has 4 aromatic heterocycles. The monoisotopic (exact) mass is 491 g/mol. The van der Waals surface area contributed by atoms with Crippen molar-refractivity contribution in [1.82, 2.24) is 33.8 Å². The minimum Gasteiger partial charge on any atom is -0.333 e. The fraction of sp³-hybridized carbons (Fsp3) is 0.458. The zero-order valence-electron chi connectivity index (χ0n) is 20.4. The predicted octanol–water partition coefficient (Wildman–Crippen LogP) is 3.56. The Morgan fingerprint density at radius 2 is 1.89 bits per heavy atom. The molecule has 0 atom stereocenters. The number of amides is 1. The highest BCUT2D eigenvalue weighted by Crippen LogP contribution is 2.39. The van der Waals surface area contributed by atoms with Crippen molar-refractivity contribution in [1.29, 1.82) is 0 Å². The molecule has 2 fully saturated rings. The molecule has 2 saturated carbocycles. The van der Waals surface area contributed by atoms with Crippen LogP contribution in [0.3, 0.4) is 0 Å². The molecule has 0 aliphatic heterocycles. The fourth-order valence-electron chi connectivity index (χ4n) is 4.95. The van der Waals surface area contributed by atoms with Gasteiger partial charge in [0.2, 0.25) is 0 Å². The van der Waals surface area contributed by atoms with Crippen molar-refractivity contribution in [2.45, 2.75) is 58.2 Å². The Morgan fingerprint density at radius 3 is 2.49 bits per heavy atom. The Labute approximate surface area is 208 Å². The van der Waals surface area contributed by atoms with Crippen LogP contribution in [0.5, 0.6) is 0 Å². The summed E-state index contributed by atoms with van der Waals surface area (Å²) in [4.78, 5) is 25.4. The van der Waals surface area contributed by atoms with Crippen molar-refractivity contribution in [2.75, 3.05) is 10.6 Å². The highest BCUT2D eigenvalue weighted by atomic mass is 32.1. The summed E-state index contributed by atoms with van der Waals surface area (Å²) in [6, 6.07) is 4.69. The number of fused-ring (bicyclic) bond motifs is 3. The van der Waals surface area contributed by atoms with Crippen LogP contribution in [-0.2, 0) is 20.6 Å². The maximum atomic E-state index is 13.7. The molecule has 0 spiro atoms. The summed E-state index contributed by atoms with van der Waals surface area (Å²) in [5.41, 5.74) is 3.97. The lowest BCUT2D eigenvalue weighted by Crippen LogP contribution is -2.36. The number of pyridine rings is 1. The van der Waals surface area contributed by atoms with E-state index < -0.39 is 0 Å². The lowest BCUT2D eigenvalue weighted by Gasteiger charge is -2.22. The number of carbonyl (C=O) groups is 1. The first-order valence-corrected chi connectivity index (χ1v) is 12.5. The molecular formula is C24H29N9OS. The summed E-state index contributed by atoms with van der Waals surface area (Å²) in [6.07, 6.45) is 6.19. The third-order valence-corrected chi connectivity index (χ3v) is 7.03. The number of nitrogens with zero attached hydrogens (tertiary/aromatic N) is 7. The van der Waals surface area contributed by atoms with Gasteiger partial charge < -0.3 is 24.7 Å². The summed E-state index contributed by atoms with van der Waals surface area (Å²) in [7, 11) is 3.82. The normalized spacial score (nSPS) is 15.7. The second-order valence-electron chi connectivity index (χ2n) is 9.57. The third kappa shape index (κ3) is 3.74. The van der Waals surface area contributed by atoms with Gasteiger partial charge in [-0.1, -0.05) is 0 Å². The van der Waals surface area contributed by atoms with Gasteiger partial charge in [0.15, 0.2) is 10.9 Å². The molecule has 4 aromatic rings. The topological polar surface area (TPSA) is 97.8 Å². The number of rotatable bonds is 6. The van der Waals surface area contributed by atoms with Gasteiger partial charge in [-0.2, -0.15) is 5.10 Å². The van der Waals surface area contributed by atoms with Crippen LogP contribution in [-0.4, -0.2) is 56.9 Å². The summed E-state index contributed by atoms with van der Waals surface area (Å²) in [5.74, 6) is 1.45. The van der Waals surface area contributed by atoms with Crippen LogP contribution >= 0.6 is 12.2 Å². The molecule has 1 amide bonds. The second-order valence-corrected chi connectivity index (χ2v) is 9.98. The first-order chi connectivity index (χ1) is 16.9. The van der Waals surface area contributed by atoms with Crippen LogP contribution in [0.1, 0.15) is 48.8 Å². The molecule has 0 saturated heterocycles. The Balaban J connectivity index is 1.42. The standard InChI is InChI=1S/C24H29N9OS/c1-5-32-17(23(34)33(14-6-7-14)15-8-9-15)11-16-20-19(25-12-30(20)3)21(27-22(16)32)28-24(35)26-18-10-13(2)29-31(18)4/h10-12,14-15H,5-9H2,1-4H3,(H2,26,27,28,35). The predicted molar refractivity (Wildman–Crippen MR) is 140 cm³/mol. The van der Waals surface area contributed by atoms with Gasteiger partial charge in [0, 0.05) is 44.2 Å². The van der Waals surface area contributed by atoms with E-state index in [4.69, 9.17) is 17.2 Å². The lowest BCUT2D eigenvalue weighted by atomic mass is 10.2. The van der Waals surface area contributed by atoms with Crippen LogP contribution in [0.25, 0.3) is 22.1 Å². The van der Waals surface area contributed by atoms with Crippen molar-refractivity contribution >= 4 is 56.9 Å². The number of hydrogen-bond acceptors (Lipinski definition) is 5. The van der Waals surface area contributed by atoms with E-state index in [2.05, 4.69) is 25.6 Å². The number of carbonyl (C=O) groups excluding carboxylic acids is 1. The van der Waals surface area contributed by atoms with Gasteiger partial charge in [0.1, 0.15) is 22.7 Å². The zero-order valence-corrected chi connectivity index (χ0v) is 21.2. The van der Waals surface area contributed by atoms with Crippen molar-refractivity contribution in [3.05, 3.63) is 29.8 Å². The van der Waals surface area contributed by atoms with Crippen molar-refractivity contribution < 1.29 is 4.79 Å². The van der Waals surface area contributed by atoms with Crippen molar-refractivity contribution in [3.8, 4) is 0 Å². The molecule has 6 rings (SSSR count). The number of anilines is 2. The van der Waals surface area contributed by atoms with Crippen LogP contribution in [0.4, 0.5) is 11.6 Å². The number of nitrogens with one attached hydrogen (secondary N) is 2. The average Bonchev–Trinajstić information content (AvgIpc) is 3.73. The first kappa shape index (κ1) is 22.0. The summed E-state index contributed by atoms with van der Waals surface area (Å²) < 4.78 is 5.73. The minimum absolute atomic E-state index is 0.114. The number of imidazole rings is 1. The van der Waals surface area contributed by atoms with E-state index in [-0.39, 0.29) is 5.91 Å². The van der Waals surface area contributed by atoms with Gasteiger partial charge in [0.05, 0.1) is 17.5 Å². The van der Waals surface area contributed by atoms with Gasteiger partial charge in [0.25, 0.3) is 5.91 Å². The Morgan fingerprint density at radius 1 is 1.17 bits per heavy atom. The molecule has 2 aliphatic rings. The van der Waals surface area contributed by atoms with Crippen LogP contribution in [0.15, 0.2) is 18.5 Å². The fourth-order valence-corrected chi connectivity index (χ4v) is 5.15. The highest BCUT2D eigenvalue weighted by Gasteiger charge is 2.43. The molecule has 182 valence electrons. The van der Waals surface area contributed by atoms with Crippen LogP contribution in [0, 0.1) is 6.92 Å². The quantitative estimate of drug-likeness (QED) is 0.398.